The van der Waals surface area contributed by atoms with Gasteiger partial charge in [-0.15, -0.1) is 24.0 Å². The fourth-order valence-corrected chi connectivity index (χ4v) is 3.92. The van der Waals surface area contributed by atoms with E-state index in [1.807, 2.05) is 7.05 Å². The van der Waals surface area contributed by atoms with E-state index in [1.165, 1.54) is 17.5 Å². The summed E-state index contributed by atoms with van der Waals surface area (Å²) in [7, 11) is 1.87. The van der Waals surface area contributed by atoms with Crippen molar-refractivity contribution in [1.82, 2.24) is 10.2 Å². The maximum absolute atomic E-state index is 6.08. The van der Waals surface area contributed by atoms with E-state index in [9.17, 15) is 0 Å². The maximum Gasteiger partial charge on any atom is 0.193 e. The number of hydrogen-bond donors (Lipinski definition) is 1. The van der Waals surface area contributed by atoms with Crippen LogP contribution in [0.25, 0.3) is 0 Å². The van der Waals surface area contributed by atoms with Gasteiger partial charge in [-0.3, -0.25) is 4.99 Å². The molecule has 28 heavy (non-hydrogen) atoms. The van der Waals surface area contributed by atoms with Crippen LogP contribution in [0.1, 0.15) is 49.7 Å². The Labute approximate surface area is 187 Å². The Bertz CT molecular complexity index is 612. The molecule has 158 valence electrons. The van der Waals surface area contributed by atoms with Gasteiger partial charge in [0.15, 0.2) is 5.96 Å². The predicted octanol–water partition coefficient (Wildman–Crippen LogP) is 3.95. The molecule has 1 N–H and O–H groups in total. The quantitative estimate of drug-likeness (QED) is 0.365. The first-order chi connectivity index (χ1) is 13.2. The molecule has 1 aromatic carbocycles. The Balaban J connectivity index is 0.00000280. The first kappa shape index (κ1) is 23.4. The minimum Gasteiger partial charge on any atom is -0.376 e. The van der Waals surface area contributed by atoms with E-state index in [0.29, 0.717) is 18.1 Å². The van der Waals surface area contributed by atoms with Crippen LogP contribution in [0.2, 0.25) is 0 Å². The minimum absolute atomic E-state index is 0. The fourth-order valence-electron chi connectivity index (χ4n) is 3.92. The Morgan fingerprint density at radius 3 is 2.75 bits per heavy atom. The number of nitrogens with one attached hydrogen (secondary N) is 1. The number of guanidine groups is 1. The lowest BCUT2D eigenvalue weighted by Gasteiger charge is -2.34. The molecule has 2 heterocycles. The third-order valence-corrected chi connectivity index (χ3v) is 5.67. The second-order valence-corrected chi connectivity index (χ2v) is 7.90. The average Bonchev–Trinajstić information content (AvgIpc) is 3.21. The monoisotopic (exact) mass is 501 g/mol. The average molecular weight is 501 g/mol. The number of aliphatic imine (C=N–C) groups is 1. The van der Waals surface area contributed by atoms with Gasteiger partial charge in [-0.05, 0) is 44.1 Å². The van der Waals surface area contributed by atoms with Crippen molar-refractivity contribution >= 4 is 29.9 Å². The number of piperidine rings is 1. The van der Waals surface area contributed by atoms with Crippen molar-refractivity contribution in [3.8, 4) is 0 Å². The second kappa shape index (κ2) is 12.0. The van der Waals surface area contributed by atoms with E-state index in [1.54, 1.807) is 0 Å². The van der Waals surface area contributed by atoms with Crippen molar-refractivity contribution < 1.29 is 9.47 Å². The number of likely N-dealkylation sites (tertiary alicyclic amines) is 1. The number of nitrogens with zero attached hydrogens (tertiary/aromatic N) is 2. The highest BCUT2D eigenvalue weighted by Gasteiger charge is 2.24. The van der Waals surface area contributed by atoms with Crippen LogP contribution in [-0.2, 0) is 9.47 Å². The molecule has 2 atom stereocenters. The Hall–Kier alpha value is -0.860. The third kappa shape index (κ3) is 6.88. The van der Waals surface area contributed by atoms with Gasteiger partial charge < -0.3 is 19.7 Å². The standard InChI is InChI=1S/C22H35N3O2.HI/c1-17-6-4-7-19(14-17)18(2)15-24-22(23-3)25-11-9-20(10-12-25)27-16-21-8-5-13-26-21;/h4,6-7,14,18,20-21H,5,8-13,15-16H2,1-3H3,(H,23,24);1H. The maximum atomic E-state index is 6.08. The molecule has 0 spiro atoms. The lowest BCUT2D eigenvalue weighted by atomic mass is 9.99. The van der Waals surface area contributed by atoms with Gasteiger partial charge in [0.25, 0.3) is 0 Å². The molecule has 2 saturated heterocycles. The van der Waals surface area contributed by atoms with Gasteiger partial charge in [-0.2, -0.15) is 0 Å². The smallest absolute Gasteiger partial charge is 0.193 e. The zero-order valence-corrected chi connectivity index (χ0v) is 19.9. The van der Waals surface area contributed by atoms with E-state index >= 15 is 0 Å². The van der Waals surface area contributed by atoms with Crippen LogP contribution in [0.3, 0.4) is 0 Å². The van der Waals surface area contributed by atoms with Gasteiger partial charge in [0.1, 0.15) is 0 Å². The summed E-state index contributed by atoms with van der Waals surface area (Å²) in [5.74, 6) is 1.46. The lowest BCUT2D eigenvalue weighted by Crippen LogP contribution is -2.47. The highest BCUT2D eigenvalue weighted by atomic mass is 127. The van der Waals surface area contributed by atoms with E-state index in [-0.39, 0.29) is 24.0 Å². The predicted molar refractivity (Wildman–Crippen MR) is 126 cm³/mol. The Kier molecular flexibility index (Phi) is 10.0. The van der Waals surface area contributed by atoms with Gasteiger partial charge in [0.05, 0.1) is 18.8 Å². The zero-order valence-electron chi connectivity index (χ0n) is 17.5. The molecular formula is C22H36IN3O2. The summed E-state index contributed by atoms with van der Waals surface area (Å²) in [6.07, 6.45) is 5.11. The number of hydrogen-bond acceptors (Lipinski definition) is 3. The van der Waals surface area contributed by atoms with E-state index in [4.69, 9.17) is 9.47 Å². The molecule has 0 saturated carbocycles. The van der Waals surface area contributed by atoms with Crippen molar-refractivity contribution in [3.63, 3.8) is 0 Å². The topological polar surface area (TPSA) is 46.1 Å². The molecule has 5 nitrogen and oxygen atoms in total. The van der Waals surface area contributed by atoms with Crippen LogP contribution in [0.5, 0.6) is 0 Å². The first-order valence-corrected chi connectivity index (χ1v) is 10.4. The highest BCUT2D eigenvalue weighted by Crippen LogP contribution is 2.19. The van der Waals surface area contributed by atoms with Gasteiger partial charge in [-0.1, -0.05) is 36.8 Å². The van der Waals surface area contributed by atoms with Crippen LogP contribution in [0, 0.1) is 6.92 Å². The molecular weight excluding hydrogens is 465 g/mol. The lowest BCUT2D eigenvalue weighted by molar-refractivity contribution is -0.0367. The van der Waals surface area contributed by atoms with Crippen molar-refractivity contribution in [2.45, 2.75) is 57.7 Å². The van der Waals surface area contributed by atoms with E-state index < -0.39 is 0 Å². The molecule has 2 aliphatic heterocycles. The Morgan fingerprint density at radius 1 is 1.32 bits per heavy atom. The fraction of sp³-hybridized carbons (Fsp3) is 0.682. The SMILES string of the molecule is CN=C(NCC(C)c1cccc(C)c1)N1CCC(OCC2CCCO2)CC1.I. The van der Waals surface area contributed by atoms with Gasteiger partial charge in [-0.25, -0.2) is 0 Å². The largest absolute Gasteiger partial charge is 0.376 e. The van der Waals surface area contributed by atoms with Crippen molar-refractivity contribution in [3.05, 3.63) is 35.4 Å². The summed E-state index contributed by atoms with van der Waals surface area (Å²) in [4.78, 5) is 6.86. The molecule has 0 amide bonds. The second-order valence-electron chi connectivity index (χ2n) is 7.90. The van der Waals surface area contributed by atoms with E-state index in [0.717, 1.165) is 58.1 Å². The molecule has 3 rings (SSSR count). The summed E-state index contributed by atoms with van der Waals surface area (Å²) >= 11 is 0. The van der Waals surface area contributed by atoms with Gasteiger partial charge >= 0.3 is 0 Å². The van der Waals surface area contributed by atoms with Crippen LogP contribution in [0.4, 0.5) is 0 Å². The highest BCUT2D eigenvalue weighted by molar-refractivity contribution is 14.0. The Morgan fingerprint density at radius 2 is 2.11 bits per heavy atom. The molecule has 0 aliphatic carbocycles. The van der Waals surface area contributed by atoms with Crippen LogP contribution < -0.4 is 5.32 Å². The number of halogens is 1. The van der Waals surface area contributed by atoms with Crippen LogP contribution in [-0.4, -0.2) is 63.0 Å². The molecule has 6 heteroatoms. The molecule has 2 fully saturated rings. The number of ether oxygens (including phenoxy) is 2. The van der Waals surface area contributed by atoms with Crippen molar-refractivity contribution in [1.29, 1.82) is 0 Å². The molecule has 1 aromatic rings. The number of rotatable bonds is 6. The number of aryl methyl sites for hydroxylation is 1. The first-order valence-electron chi connectivity index (χ1n) is 10.4. The van der Waals surface area contributed by atoms with Crippen molar-refractivity contribution in [2.24, 2.45) is 4.99 Å². The summed E-state index contributed by atoms with van der Waals surface area (Å²) in [5.41, 5.74) is 2.69. The minimum atomic E-state index is 0. The summed E-state index contributed by atoms with van der Waals surface area (Å²) in [6.45, 7) is 8.95. The molecule has 0 aromatic heterocycles. The third-order valence-electron chi connectivity index (χ3n) is 5.67. The van der Waals surface area contributed by atoms with Crippen LogP contribution in [0.15, 0.2) is 29.3 Å². The molecule has 0 bridgehead atoms. The van der Waals surface area contributed by atoms with Gasteiger partial charge in [0.2, 0.25) is 0 Å². The van der Waals surface area contributed by atoms with Gasteiger partial charge in [0, 0.05) is 33.3 Å². The summed E-state index contributed by atoms with van der Waals surface area (Å²) in [5, 5.41) is 3.56. The van der Waals surface area contributed by atoms with Crippen molar-refractivity contribution in [2.75, 3.05) is 39.9 Å². The summed E-state index contributed by atoms with van der Waals surface area (Å²) in [6, 6.07) is 8.76. The van der Waals surface area contributed by atoms with E-state index in [2.05, 4.69) is 53.3 Å². The molecule has 0 radical (unpaired) electrons. The molecule has 2 unspecified atom stereocenters. The van der Waals surface area contributed by atoms with Crippen LogP contribution >= 0.6 is 24.0 Å². The normalized spacial score (nSPS) is 22.0. The number of benzene rings is 1. The zero-order chi connectivity index (χ0) is 19.1. The molecule has 2 aliphatic rings. The summed E-state index contributed by atoms with van der Waals surface area (Å²) < 4.78 is 11.7.